The Morgan fingerprint density at radius 3 is 2.35 bits per heavy atom. The predicted molar refractivity (Wildman–Crippen MR) is 85.7 cm³/mol. The zero-order valence-corrected chi connectivity index (χ0v) is 13.1. The lowest BCUT2D eigenvalue weighted by Crippen LogP contribution is -2.30. The molecule has 1 saturated heterocycles. The molecule has 3 fully saturated rings. The number of imide groups is 1. The summed E-state index contributed by atoms with van der Waals surface area (Å²) in [6.07, 6.45) is 8.15. The second-order valence-corrected chi connectivity index (χ2v) is 7.45. The number of amides is 2. The largest absolute Gasteiger partial charge is 0.272 e. The van der Waals surface area contributed by atoms with Crippen molar-refractivity contribution in [2.75, 3.05) is 0 Å². The molecule has 1 heterocycles. The van der Waals surface area contributed by atoms with Crippen LogP contribution in [-0.2, 0) is 9.59 Å². The highest BCUT2D eigenvalue weighted by Gasteiger charge is 2.73. The van der Waals surface area contributed by atoms with Crippen molar-refractivity contribution < 1.29 is 9.59 Å². The molecule has 5 heteroatoms. The minimum atomic E-state index is -0.198. The second-order valence-electron chi connectivity index (χ2n) is 7.01. The highest BCUT2D eigenvalue weighted by atomic mass is 35.5. The molecule has 4 atom stereocenters. The molecule has 3 aliphatic carbocycles. The molecule has 4 unspecified atom stereocenters. The number of hydrogen-bond donors (Lipinski definition) is 0. The van der Waals surface area contributed by atoms with Gasteiger partial charge in [-0.1, -0.05) is 35.9 Å². The normalized spacial score (nSPS) is 35.8. The number of fused-ring (bicyclic) bond motifs is 3. The Kier molecular flexibility index (Phi) is 2.54. The molecule has 0 radical (unpaired) electrons. The number of rotatable bonds is 2. The average molecular weight is 327 g/mol. The molecular weight excluding hydrogens is 312 g/mol. The minimum absolute atomic E-state index is 0.138. The number of benzene rings is 1. The number of hydrogen-bond acceptors (Lipinski definition) is 3. The molecule has 2 bridgehead atoms. The van der Waals surface area contributed by atoms with Crippen LogP contribution in [-0.4, -0.2) is 23.0 Å². The van der Waals surface area contributed by atoms with Gasteiger partial charge in [0, 0.05) is 5.02 Å². The SMILES string of the molecule is O=C1C2C(C(=O)N1/N=C/c1cccc(Cl)c1)C1C=CC2C12CC2. The van der Waals surface area contributed by atoms with Crippen molar-refractivity contribution in [3.63, 3.8) is 0 Å². The van der Waals surface area contributed by atoms with E-state index in [1.807, 2.05) is 12.1 Å². The molecule has 1 aromatic rings. The van der Waals surface area contributed by atoms with Crippen LogP contribution < -0.4 is 0 Å². The zero-order valence-electron chi connectivity index (χ0n) is 12.4. The molecule has 2 amide bonds. The first-order valence-corrected chi connectivity index (χ1v) is 8.35. The Hall–Kier alpha value is -1.94. The summed E-state index contributed by atoms with van der Waals surface area (Å²) >= 11 is 5.94. The van der Waals surface area contributed by atoms with Gasteiger partial charge in [0.25, 0.3) is 11.8 Å². The summed E-state index contributed by atoms with van der Waals surface area (Å²) in [7, 11) is 0. The average Bonchev–Trinajstić information content (AvgIpc) is 3.13. The van der Waals surface area contributed by atoms with Crippen LogP contribution in [0.25, 0.3) is 0 Å². The Morgan fingerprint density at radius 2 is 1.78 bits per heavy atom. The summed E-state index contributed by atoms with van der Waals surface area (Å²) in [5.74, 6) is -0.198. The maximum Gasteiger partial charge on any atom is 0.254 e. The third kappa shape index (κ3) is 1.65. The quantitative estimate of drug-likeness (QED) is 0.476. The Bertz CT molecular complexity index is 762. The van der Waals surface area contributed by atoms with Gasteiger partial charge in [0.05, 0.1) is 18.1 Å². The smallest absolute Gasteiger partial charge is 0.254 e. The van der Waals surface area contributed by atoms with Crippen LogP contribution in [0.3, 0.4) is 0 Å². The molecule has 23 heavy (non-hydrogen) atoms. The van der Waals surface area contributed by atoms with Gasteiger partial charge in [-0.05, 0) is 47.8 Å². The molecule has 0 N–H and O–H groups in total. The Labute approximate surface area is 138 Å². The van der Waals surface area contributed by atoms with Gasteiger partial charge in [0.1, 0.15) is 0 Å². The molecule has 116 valence electrons. The molecule has 4 nitrogen and oxygen atoms in total. The third-order valence-corrected chi connectivity index (χ3v) is 6.24. The number of carbonyl (C=O) groups is 2. The van der Waals surface area contributed by atoms with Crippen molar-refractivity contribution in [3.8, 4) is 0 Å². The fourth-order valence-electron chi connectivity index (χ4n) is 4.89. The Balaban J connectivity index is 1.44. The van der Waals surface area contributed by atoms with E-state index >= 15 is 0 Å². The van der Waals surface area contributed by atoms with Crippen molar-refractivity contribution in [1.82, 2.24) is 5.01 Å². The fraction of sp³-hybridized carbons (Fsp3) is 0.389. The van der Waals surface area contributed by atoms with Crippen LogP contribution in [0, 0.1) is 29.1 Å². The Morgan fingerprint density at radius 1 is 1.13 bits per heavy atom. The molecule has 2 saturated carbocycles. The predicted octanol–water partition coefficient (Wildman–Crippen LogP) is 2.87. The molecule has 5 rings (SSSR count). The molecule has 1 aliphatic heterocycles. The van der Waals surface area contributed by atoms with E-state index in [-0.39, 0.29) is 40.9 Å². The second kappa shape index (κ2) is 4.32. The zero-order chi connectivity index (χ0) is 15.8. The van der Waals surface area contributed by atoms with E-state index in [1.54, 1.807) is 12.1 Å². The van der Waals surface area contributed by atoms with Crippen LogP contribution in [0.5, 0.6) is 0 Å². The highest BCUT2D eigenvalue weighted by molar-refractivity contribution is 6.30. The summed E-state index contributed by atoms with van der Waals surface area (Å²) in [4.78, 5) is 25.4. The summed E-state index contributed by atoms with van der Waals surface area (Å²) in [5, 5.41) is 5.85. The van der Waals surface area contributed by atoms with Crippen molar-refractivity contribution in [2.24, 2.45) is 34.2 Å². The maximum absolute atomic E-state index is 12.7. The van der Waals surface area contributed by atoms with Gasteiger partial charge >= 0.3 is 0 Å². The van der Waals surface area contributed by atoms with Gasteiger partial charge in [0.15, 0.2) is 0 Å². The summed E-state index contributed by atoms with van der Waals surface area (Å²) in [6.45, 7) is 0. The van der Waals surface area contributed by atoms with Crippen molar-refractivity contribution in [3.05, 3.63) is 47.0 Å². The number of allylic oxidation sites excluding steroid dienone is 2. The number of halogens is 1. The van der Waals surface area contributed by atoms with E-state index in [9.17, 15) is 9.59 Å². The van der Waals surface area contributed by atoms with Gasteiger partial charge in [-0.25, -0.2) is 0 Å². The van der Waals surface area contributed by atoms with E-state index in [1.165, 1.54) is 6.21 Å². The molecule has 4 aliphatic rings. The van der Waals surface area contributed by atoms with Gasteiger partial charge < -0.3 is 0 Å². The standard InChI is InChI=1S/C18H15ClN2O2/c19-11-3-1-2-10(8-11)9-20-21-16(22)14-12-4-5-13(15(14)17(21)23)18(12)6-7-18/h1-5,8-9,12-15H,6-7H2/b20-9+. The monoisotopic (exact) mass is 326 g/mol. The van der Waals surface area contributed by atoms with Gasteiger partial charge in [-0.2, -0.15) is 10.1 Å². The summed E-state index contributed by atoms with van der Waals surface area (Å²) in [5.41, 5.74) is 0.999. The van der Waals surface area contributed by atoms with Crippen molar-refractivity contribution in [1.29, 1.82) is 0 Å². The van der Waals surface area contributed by atoms with Gasteiger partial charge in [-0.15, -0.1) is 0 Å². The van der Waals surface area contributed by atoms with Crippen LogP contribution in [0.15, 0.2) is 41.5 Å². The highest BCUT2D eigenvalue weighted by Crippen LogP contribution is 2.73. The van der Waals surface area contributed by atoms with E-state index in [0.717, 1.165) is 23.4 Å². The summed E-state index contributed by atoms with van der Waals surface area (Å²) in [6, 6.07) is 7.17. The first kappa shape index (κ1) is 13.5. The molecule has 1 spiro atoms. The number of carbonyl (C=O) groups excluding carboxylic acids is 2. The summed E-state index contributed by atoms with van der Waals surface area (Å²) < 4.78 is 0. The van der Waals surface area contributed by atoms with Crippen molar-refractivity contribution in [2.45, 2.75) is 12.8 Å². The van der Waals surface area contributed by atoms with Crippen LogP contribution in [0.1, 0.15) is 18.4 Å². The van der Waals surface area contributed by atoms with E-state index in [4.69, 9.17) is 11.6 Å². The third-order valence-electron chi connectivity index (χ3n) is 6.00. The molecule has 1 aromatic carbocycles. The lowest BCUT2D eigenvalue weighted by molar-refractivity contribution is -0.141. The number of hydrazone groups is 1. The first-order chi connectivity index (χ1) is 11.1. The molecule has 0 aromatic heterocycles. The minimum Gasteiger partial charge on any atom is -0.272 e. The van der Waals surface area contributed by atoms with Crippen LogP contribution >= 0.6 is 11.6 Å². The van der Waals surface area contributed by atoms with E-state index in [0.29, 0.717) is 5.02 Å². The van der Waals surface area contributed by atoms with Crippen molar-refractivity contribution >= 4 is 29.6 Å². The van der Waals surface area contributed by atoms with E-state index in [2.05, 4.69) is 17.3 Å². The number of nitrogens with zero attached hydrogens (tertiary/aromatic N) is 2. The fourth-order valence-corrected chi connectivity index (χ4v) is 5.09. The first-order valence-electron chi connectivity index (χ1n) is 7.97. The molecular formula is C18H15ClN2O2. The lowest BCUT2D eigenvalue weighted by Gasteiger charge is -2.18. The van der Waals surface area contributed by atoms with Gasteiger partial charge in [-0.3, -0.25) is 9.59 Å². The van der Waals surface area contributed by atoms with Crippen LogP contribution in [0.2, 0.25) is 5.02 Å². The lowest BCUT2D eigenvalue weighted by atomic mass is 9.85. The topological polar surface area (TPSA) is 49.7 Å². The van der Waals surface area contributed by atoms with Gasteiger partial charge in [0.2, 0.25) is 0 Å². The van der Waals surface area contributed by atoms with E-state index < -0.39 is 0 Å². The maximum atomic E-state index is 12.7. The van der Waals surface area contributed by atoms with Crippen LogP contribution in [0.4, 0.5) is 0 Å².